The van der Waals surface area contributed by atoms with E-state index in [2.05, 4.69) is 0 Å². The maximum absolute atomic E-state index is 15.2. The van der Waals surface area contributed by atoms with Crippen molar-refractivity contribution in [2.24, 2.45) is 17.8 Å². The molecule has 3 aromatic carbocycles. The van der Waals surface area contributed by atoms with E-state index in [1.54, 1.807) is 0 Å². The molecule has 1 saturated carbocycles. The SMILES string of the molecule is COc1cccc(O)c1C1C2=CCC3C(=O)N(c4cccc([N+](=O)[O-])c4)C(=O)C3C2CC2(Cl)C(=O)N(c3c(F)c(F)c(F)c(F)c3F)C(=O)C12Cl. The number of allylic oxidation sites excluding steroid dienone is 2. The molecule has 0 aromatic heterocycles. The van der Waals surface area contributed by atoms with Crippen molar-refractivity contribution < 1.29 is 55.9 Å². The van der Waals surface area contributed by atoms with Gasteiger partial charge in [-0.25, -0.2) is 31.8 Å². The van der Waals surface area contributed by atoms with Gasteiger partial charge in [-0.05, 0) is 37.0 Å². The number of hydrogen-bond donors (Lipinski definition) is 1. The van der Waals surface area contributed by atoms with Crippen molar-refractivity contribution in [3.8, 4) is 11.5 Å². The first-order valence-corrected chi connectivity index (χ1v) is 15.7. The van der Waals surface area contributed by atoms with Crippen LogP contribution in [0.25, 0.3) is 0 Å². The number of carbonyl (C=O) groups excluding carboxylic acids is 4. The van der Waals surface area contributed by atoms with E-state index in [-0.39, 0.29) is 33.9 Å². The molecule has 18 heteroatoms. The number of nitrogens with zero attached hydrogens (tertiary/aromatic N) is 3. The van der Waals surface area contributed by atoms with E-state index in [4.69, 9.17) is 27.9 Å². The molecule has 3 fully saturated rings. The summed E-state index contributed by atoms with van der Waals surface area (Å²) in [4.78, 5) is 62.1. The first-order chi connectivity index (χ1) is 24.0. The van der Waals surface area contributed by atoms with Gasteiger partial charge in [0, 0.05) is 23.6 Å². The van der Waals surface area contributed by atoms with Gasteiger partial charge in [-0.2, -0.15) is 0 Å². The van der Waals surface area contributed by atoms with E-state index < -0.39 is 115 Å². The molecule has 1 N–H and O–H groups in total. The van der Waals surface area contributed by atoms with Crippen LogP contribution < -0.4 is 14.5 Å². The lowest BCUT2D eigenvalue weighted by Gasteiger charge is -2.50. The van der Waals surface area contributed by atoms with Crippen molar-refractivity contribution in [1.29, 1.82) is 0 Å². The molecule has 4 amide bonds. The molecule has 264 valence electrons. The molecule has 2 aliphatic carbocycles. The van der Waals surface area contributed by atoms with Crippen LogP contribution in [-0.4, -0.2) is 50.5 Å². The molecule has 2 aliphatic heterocycles. The van der Waals surface area contributed by atoms with Crippen LogP contribution in [0.2, 0.25) is 0 Å². The fraction of sp³-hybridized carbons (Fsp3) is 0.273. The third-order valence-corrected chi connectivity index (χ3v) is 11.5. The zero-order valence-corrected chi connectivity index (χ0v) is 27.1. The number of aromatic hydroxyl groups is 1. The maximum atomic E-state index is 15.2. The Morgan fingerprint density at radius 2 is 1.51 bits per heavy atom. The largest absolute Gasteiger partial charge is 0.508 e. The van der Waals surface area contributed by atoms with Crippen LogP contribution in [0.3, 0.4) is 0 Å². The number of carbonyl (C=O) groups is 4. The summed E-state index contributed by atoms with van der Waals surface area (Å²) in [5.41, 5.74) is -2.72. The topological polar surface area (TPSA) is 147 Å². The normalized spacial score (nSPS) is 28.4. The fourth-order valence-corrected chi connectivity index (χ4v) is 8.80. The van der Waals surface area contributed by atoms with Crippen molar-refractivity contribution in [2.45, 2.75) is 28.5 Å². The van der Waals surface area contributed by atoms with Gasteiger partial charge in [-0.15, -0.1) is 23.2 Å². The number of fused-ring (bicyclic) bond motifs is 4. The van der Waals surface area contributed by atoms with Gasteiger partial charge < -0.3 is 9.84 Å². The van der Waals surface area contributed by atoms with Crippen molar-refractivity contribution in [3.05, 3.63) is 98.9 Å². The second-order valence-electron chi connectivity index (χ2n) is 12.4. The standard InChI is InChI=1S/C33H20Cl2F5N3O8/c1-51-18-7-3-6-17(44)20(18)21-14-8-9-15-19(29(46)41(28(15)45)12-4-2-5-13(10-12)43(49)50)16(14)11-32(34)30(47)42(31(48)33(21,32)35)27-25(39)23(37)22(36)24(38)26(27)40/h2-8,10,15-16,19,21,44H,9,11H2,1H3. The molecule has 6 unspecified atom stereocenters. The molecule has 2 heterocycles. The molecule has 7 rings (SSSR count). The third-order valence-electron chi connectivity index (χ3n) is 10.1. The number of nitro groups is 1. The predicted molar refractivity (Wildman–Crippen MR) is 167 cm³/mol. The Balaban J connectivity index is 1.45. The number of rotatable bonds is 5. The minimum absolute atomic E-state index is 0.0739. The van der Waals surface area contributed by atoms with Crippen LogP contribution in [0.1, 0.15) is 24.3 Å². The number of imide groups is 2. The number of benzene rings is 3. The maximum Gasteiger partial charge on any atom is 0.271 e. The van der Waals surface area contributed by atoms with Crippen LogP contribution >= 0.6 is 23.2 Å². The summed E-state index contributed by atoms with van der Waals surface area (Å²) >= 11 is 14.2. The predicted octanol–water partition coefficient (Wildman–Crippen LogP) is 5.77. The molecule has 11 nitrogen and oxygen atoms in total. The minimum atomic E-state index is -2.88. The molecule has 3 aromatic rings. The first-order valence-electron chi connectivity index (χ1n) is 15.0. The number of ether oxygens (including phenoxy) is 1. The first kappa shape index (κ1) is 34.4. The zero-order valence-electron chi connectivity index (χ0n) is 25.6. The molecule has 6 atom stereocenters. The molecule has 51 heavy (non-hydrogen) atoms. The fourth-order valence-electron chi connectivity index (χ4n) is 7.88. The number of hydrogen-bond acceptors (Lipinski definition) is 8. The molecule has 4 aliphatic rings. The second-order valence-corrected chi connectivity index (χ2v) is 13.6. The lowest BCUT2D eigenvalue weighted by Crippen LogP contribution is -2.60. The Hall–Kier alpha value is -5.09. The van der Waals surface area contributed by atoms with Crippen LogP contribution in [0.4, 0.5) is 39.0 Å². The van der Waals surface area contributed by atoms with E-state index in [9.17, 15) is 47.6 Å². The van der Waals surface area contributed by atoms with E-state index in [1.807, 2.05) is 0 Å². The van der Waals surface area contributed by atoms with Gasteiger partial charge in [-0.1, -0.05) is 23.8 Å². The number of amides is 4. The number of phenols is 1. The summed E-state index contributed by atoms with van der Waals surface area (Å²) in [6.07, 6.45) is 0.463. The summed E-state index contributed by atoms with van der Waals surface area (Å²) in [7, 11) is 1.18. The lowest BCUT2D eigenvalue weighted by atomic mass is 9.56. The van der Waals surface area contributed by atoms with Gasteiger partial charge in [-0.3, -0.25) is 29.3 Å². The second kappa shape index (κ2) is 11.5. The van der Waals surface area contributed by atoms with E-state index >= 15 is 8.78 Å². The molecule has 0 radical (unpaired) electrons. The Kier molecular flexibility index (Phi) is 7.72. The zero-order chi connectivity index (χ0) is 37.1. The lowest BCUT2D eigenvalue weighted by molar-refractivity contribution is -0.384. The summed E-state index contributed by atoms with van der Waals surface area (Å²) in [5, 5.41) is 22.6. The summed E-state index contributed by atoms with van der Waals surface area (Å²) in [6, 6.07) is 8.53. The van der Waals surface area contributed by atoms with Crippen molar-refractivity contribution in [3.63, 3.8) is 0 Å². The third kappa shape index (κ3) is 4.35. The highest BCUT2D eigenvalue weighted by molar-refractivity contribution is 6.58. The summed E-state index contributed by atoms with van der Waals surface area (Å²) in [5.74, 6) is -23.9. The van der Waals surface area contributed by atoms with E-state index in [1.165, 1.54) is 37.5 Å². The van der Waals surface area contributed by atoms with Gasteiger partial charge in [0.15, 0.2) is 33.0 Å². The number of halogens is 7. The van der Waals surface area contributed by atoms with Gasteiger partial charge in [0.25, 0.3) is 17.5 Å². The Morgan fingerprint density at radius 3 is 2.14 bits per heavy atom. The quantitative estimate of drug-likeness (QED) is 0.0505. The highest BCUT2D eigenvalue weighted by Crippen LogP contribution is 2.67. The Morgan fingerprint density at radius 1 is 0.882 bits per heavy atom. The molecular weight excluding hydrogens is 732 g/mol. The van der Waals surface area contributed by atoms with Gasteiger partial charge in [0.1, 0.15) is 17.2 Å². The average molecular weight is 752 g/mol. The van der Waals surface area contributed by atoms with Crippen molar-refractivity contribution in [1.82, 2.24) is 0 Å². The molecule has 2 saturated heterocycles. The van der Waals surface area contributed by atoms with Crippen LogP contribution in [-0.2, 0) is 19.2 Å². The number of nitro benzene ring substituents is 1. The highest BCUT2D eigenvalue weighted by Gasteiger charge is 2.77. The van der Waals surface area contributed by atoms with Gasteiger partial charge >= 0.3 is 0 Å². The summed E-state index contributed by atoms with van der Waals surface area (Å²) < 4.78 is 78.8. The highest BCUT2D eigenvalue weighted by atomic mass is 35.5. The smallest absolute Gasteiger partial charge is 0.271 e. The minimum Gasteiger partial charge on any atom is -0.508 e. The van der Waals surface area contributed by atoms with Gasteiger partial charge in [0.2, 0.25) is 17.6 Å². The number of non-ortho nitro benzene ring substituents is 1. The monoisotopic (exact) mass is 751 g/mol. The van der Waals surface area contributed by atoms with E-state index in [0.29, 0.717) is 0 Å². The van der Waals surface area contributed by atoms with Crippen molar-refractivity contribution >= 4 is 63.9 Å². The average Bonchev–Trinajstić information content (AvgIpc) is 3.44. The van der Waals surface area contributed by atoms with Crippen LogP contribution in [0, 0.1) is 57.0 Å². The number of methoxy groups -OCH3 is 1. The molecular formula is C33H20Cl2F5N3O8. The van der Waals surface area contributed by atoms with Gasteiger partial charge in [0.05, 0.1) is 29.6 Å². The number of anilines is 2. The Bertz CT molecular complexity index is 2160. The summed E-state index contributed by atoms with van der Waals surface area (Å²) in [6.45, 7) is 0. The van der Waals surface area contributed by atoms with Crippen molar-refractivity contribution in [2.75, 3.05) is 16.9 Å². The number of alkyl halides is 2. The Labute approximate surface area is 292 Å². The van der Waals surface area contributed by atoms with Crippen LogP contribution in [0.5, 0.6) is 11.5 Å². The molecule has 0 spiro atoms. The number of phenolic OH excluding ortho intramolecular Hbond substituents is 1. The molecule has 0 bridgehead atoms. The van der Waals surface area contributed by atoms with Crippen LogP contribution in [0.15, 0.2) is 54.1 Å². The van der Waals surface area contributed by atoms with E-state index in [0.717, 1.165) is 23.1 Å².